The number of aliphatic hydroxyl groups is 2. The summed E-state index contributed by atoms with van der Waals surface area (Å²) < 4.78 is 0. The van der Waals surface area contributed by atoms with Crippen molar-refractivity contribution in [2.45, 2.75) is 18.6 Å². The van der Waals surface area contributed by atoms with Crippen LogP contribution in [0.2, 0.25) is 0 Å². The number of pyridine rings is 1. The van der Waals surface area contributed by atoms with E-state index in [0.29, 0.717) is 24.3 Å². The molecule has 0 radical (unpaired) electrons. The molecule has 1 rings (SSSR count). The molecule has 1 heterocycles. The monoisotopic (exact) mass is 211 g/mol. The van der Waals surface area contributed by atoms with Crippen molar-refractivity contribution in [3.63, 3.8) is 0 Å². The molecule has 0 aliphatic carbocycles. The SMILES string of the molecule is CNCCC(O)C(O)c1ccnc(N)c1. The number of nitrogen functional groups attached to an aromatic ring is 1. The standard InChI is InChI=1S/C10H17N3O2/c1-12-4-3-8(14)10(15)7-2-5-13-9(11)6-7/h2,5-6,8,10,12,14-15H,3-4H2,1H3,(H2,11,13). The fraction of sp³-hybridized carbons (Fsp3) is 0.500. The molecule has 0 aliphatic heterocycles. The summed E-state index contributed by atoms with van der Waals surface area (Å²) in [6, 6.07) is 3.21. The molecule has 0 amide bonds. The Balaban J connectivity index is 2.62. The van der Waals surface area contributed by atoms with Gasteiger partial charge in [-0.2, -0.15) is 0 Å². The summed E-state index contributed by atoms with van der Waals surface area (Å²) >= 11 is 0. The Bertz CT molecular complexity index is 306. The van der Waals surface area contributed by atoms with E-state index in [4.69, 9.17) is 5.73 Å². The Labute approximate surface area is 89.0 Å². The molecule has 84 valence electrons. The summed E-state index contributed by atoms with van der Waals surface area (Å²) in [5.41, 5.74) is 6.07. The molecule has 1 aromatic heterocycles. The van der Waals surface area contributed by atoms with E-state index in [1.807, 2.05) is 0 Å². The van der Waals surface area contributed by atoms with Crippen LogP contribution in [0.25, 0.3) is 0 Å². The van der Waals surface area contributed by atoms with Gasteiger partial charge in [-0.15, -0.1) is 0 Å². The van der Waals surface area contributed by atoms with E-state index in [-0.39, 0.29) is 0 Å². The maximum Gasteiger partial charge on any atom is 0.123 e. The molecular formula is C10H17N3O2. The number of anilines is 1. The Morgan fingerprint density at radius 3 is 2.87 bits per heavy atom. The van der Waals surface area contributed by atoms with Crippen LogP contribution in [0, 0.1) is 0 Å². The number of aromatic nitrogens is 1. The van der Waals surface area contributed by atoms with Gasteiger partial charge in [-0.1, -0.05) is 0 Å². The third kappa shape index (κ3) is 3.47. The van der Waals surface area contributed by atoms with Crippen LogP contribution in [0.3, 0.4) is 0 Å². The molecule has 0 bridgehead atoms. The summed E-state index contributed by atoms with van der Waals surface area (Å²) in [5.74, 6) is 0.340. The zero-order chi connectivity index (χ0) is 11.3. The van der Waals surface area contributed by atoms with E-state index in [1.165, 1.54) is 6.20 Å². The van der Waals surface area contributed by atoms with Gasteiger partial charge in [-0.3, -0.25) is 0 Å². The summed E-state index contributed by atoms with van der Waals surface area (Å²) in [4.78, 5) is 3.82. The van der Waals surface area contributed by atoms with Crippen molar-refractivity contribution in [2.75, 3.05) is 19.3 Å². The van der Waals surface area contributed by atoms with Crippen molar-refractivity contribution < 1.29 is 10.2 Å². The third-order valence-corrected chi connectivity index (χ3v) is 2.20. The molecule has 2 unspecified atom stereocenters. The van der Waals surface area contributed by atoms with Gasteiger partial charge in [0.15, 0.2) is 0 Å². The molecule has 0 aromatic carbocycles. The average Bonchev–Trinajstić information content (AvgIpc) is 2.24. The van der Waals surface area contributed by atoms with Gasteiger partial charge in [0.25, 0.3) is 0 Å². The third-order valence-electron chi connectivity index (χ3n) is 2.20. The summed E-state index contributed by atoms with van der Waals surface area (Å²) in [6.07, 6.45) is 0.293. The van der Waals surface area contributed by atoms with Crippen molar-refractivity contribution in [1.82, 2.24) is 10.3 Å². The molecule has 5 N–H and O–H groups in total. The number of nitrogens with two attached hydrogens (primary N) is 1. The van der Waals surface area contributed by atoms with Gasteiger partial charge in [-0.05, 0) is 37.7 Å². The Kier molecular flexibility index (Phi) is 4.48. The summed E-state index contributed by atoms with van der Waals surface area (Å²) in [5, 5.41) is 22.3. The van der Waals surface area contributed by atoms with Crippen LogP contribution < -0.4 is 11.1 Å². The molecule has 0 saturated heterocycles. The summed E-state index contributed by atoms with van der Waals surface area (Å²) in [7, 11) is 1.80. The van der Waals surface area contributed by atoms with E-state index < -0.39 is 12.2 Å². The highest BCUT2D eigenvalue weighted by Gasteiger charge is 2.17. The first-order valence-corrected chi connectivity index (χ1v) is 4.87. The first-order valence-electron chi connectivity index (χ1n) is 4.87. The zero-order valence-electron chi connectivity index (χ0n) is 8.72. The smallest absolute Gasteiger partial charge is 0.123 e. The molecule has 5 heteroatoms. The average molecular weight is 211 g/mol. The van der Waals surface area contributed by atoms with Gasteiger partial charge in [0, 0.05) is 6.20 Å². The number of aliphatic hydroxyl groups excluding tert-OH is 2. The Morgan fingerprint density at radius 2 is 2.27 bits per heavy atom. The van der Waals surface area contributed by atoms with Gasteiger partial charge < -0.3 is 21.3 Å². The lowest BCUT2D eigenvalue weighted by molar-refractivity contribution is 0.0140. The minimum absolute atomic E-state index is 0.340. The van der Waals surface area contributed by atoms with Crippen LogP contribution >= 0.6 is 0 Å². The Hall–Kier alpha value is -1.17. The lowest BCUT2D eigenvalue weighted by Gasteiger charge is -2.17. The fourth-order valence-electron chi connectivity index (χ4n) is 1.32. The topological polar surface area (TPSA) is 91.4 Å². The van der Waals surface area contributed by atoms with Gasteiger partial charge >= 0.3 is 0 Å². The lowest BCUT2D eigenvalue weighted by Crippen LogP contribution is -2.23. The number of nitrogens with one attached hydrogen (secondary N) is 1. The zero-order valence-corrected chi connectivity index (χ0v) is 8.72. The van der Waals surface area contributed by atoms with Crippen LogP contribution in [0.15, 0.2) is 18.3 Å². The van der Waals surface area contributed by atoms with Gasteiger partial charge in [0.1, 0.15) is 11.9 Å². The maximum atomic E-state index is 9.78. The molecule has 0 fully saturated rings. The largest absolute Gasteiger partial charge is 0.390 e. The Morgan fingerprint density at radius 1 is 1.53 bits per heavy atom. The summed E-state index contributed by atoms with van der Waals surface area (Å²) in [6.45, 7) is 0.652. The number of nitrogens with zero attached hydrogens (tertiary/aromatic N) is 1. The highest BCUT2D eigenvalue weighted by atomic mass is 16.3. The van der Waals surface area contributed by atoms with E-state index in [0.717, 1.165) is 0 Å². The minimum atomic E-state index is -0.913. The predicted molar refractivity (Wildman–Crippen MR) is 58.2 cm³/mol. The van der Waals surface area contributed by atoms with Gasteiger partial charge in [-0.25, -0.2) is 4.98 Å². The first-order chi connectivity index (χ1) is 7.15. The number of hydrogen-bond acceptors (Lipinski definition) is 5. The predicted octanol–water partition coefficient (Wildman–Crippen LogP) is -0.332. The van der Waals surface area contributed by atoms with Crippen LogP contribution in [-0.4, -0.2) is 34.9 Å². The molecule has 0 saturated carbocycles. The highest BCUT2D eigenvalue weighted by molar-refractivity contribution is 5.33. The van der Waals surface area contributed by atoms with Crippen molar-refractivity contribution in [2.24, 2.45) is 0 Å². The second-order valence-electron chi connectivity index (χ2n) is 3.42. The van der Waals surface area contributed by atoms with E-state index in [1.54, 1.807) is 19.2 Å². The second-order valence-corrected chi connectivity index (χ2v) is 3.42. The van der Waals surface area contributed by atoms with Crippen LogP contribution in [0.5, 0.6) is 0 Å². The molecule has 15 heavy (non-hydrogen) atoms. The van der Waals surface area contributed by atoms with E-state index >= 15 is 0 Å². The number of hydrogen-bond donors (Lipinski definition) is 4. The lowest BCUT2D eigenvalue weighted by atomic mass is 10.0. The van der Waals surface area contributed by atoms with Crippen LogP contribution in [0.1, 0.15) is 18.1 Å². The first kappa shape index (κ1) is 11.9. The molecule has 2 atom stereocenters. The fourth-order valence-corrected chi connectivity index (χ4v) is 1.32. The van der Waals surface area contributed by atoms with Crippen molar-refractivity contribution in [1.29, 1.82) is 0 Å². The number of rotatable bonds is 5. The van der Waals surface area contributed by atoms with Crippen LogP contribution in [-0.2, 0) is 0 Å². The van der Waals surface area contributed by atoms with E-state index in [9.17, 15) is 10.2 Å². The van der Waals surface area contributed by atoms with E-state index in [2.05, 4.69) is 10.3 Å². The normalized spacial score (nSPS) is 14.9. The molecule has 0 aliphatic rings. The van der Waals surface area contributed by atoms with Gasteiger partial charge in [0.05, 0.1) is 6.10 Å². The molecule has 5 nitrogen and oxygen atoms in total. The maximum absolute atomic E-state index is 9.78. The molecule has 0 spiro atoms. The van der Waals surface area contributed by atoms with Crippen molar-refractivity contribution >= 4 is 5.82 Å². The molecule has 1 aromatic rings. The molecular weight excluding hydrogens is 194 g/mol. The highest BCUT2D eigenvalue weighted by Crippen LogP contribution is 2.19. The minimum Gasteiger partial charge on any atom is -0.390 e. The second kappa shape index (κ2) is 5.65. The van der Waals surface area contributed by atoms with Crippen molar-refractivity contribution in [3.8, 4) is 0 Å². The van der Waals surface area contributed by atoms with Crippen molar-refractivity contribution in [3.05, 3.63) is 23.9 Å². The van der Waals surface area contributed by atoms with Crippen LogP contribution in [0.4, 0.5) is 5.82 Å². The van der Waals surface area contributed by atoms with Gasteiger partial charge in [0.2, 0.25) is 0 Å². The quantitative estimate of drug-likeness (QED) is 0.535.